The third-order valence-corrected chi connectivity index (χ3v) is 6.10. The third kappa shape index (κ3) is 6.82. The van der Waals surface area contributed by atoms with Crippen LogP contribution < -0.4 is 10.0 Å². The van der Waals surface area contributed by atoms with E-state index in [2.05, 4.69) is 10.0 Å². The second kappa shape index (κ2) is 9.09. The van der Waals surface area contributed by atoms with E-state index in [1.807, 2.05) is 30.3 Å². The summed E-state index contributed by atoms with van der Waals surface area (Å²) in [7, 11) is -4.11. The van der Waals surface area contributed by atoms with Crippen molar-refractivity contribution in [3.05, 3.63) is 54.6 Å². The van der Waals surface area contributed by atoms with Gasteiger partial charge in [0, 0.05) is 0 Å². The highest BCUT2D eigenvalue weighted by atomic mass is 32.2. The minimum Gasteiger partial charge on any atom is -0.444 e. The van der Waals surface area contributed by atoms with Crippen molar-refractivity contribution in [2.24, 2.45) is 5.92 Å². The van der Waals surface area contributed by atoms with Crippen molar-refractivity contribution in [2.45, 2.75) is 56.6 Å². The van der Waals surface area contributed by atoms with Gasteiger partial charge in [0.2, 0.25) is 0 Å². The van der Waals surface area contributed by atoms with E-state index in [1.54, 1.807) is 32.9 Å². The zero-order valence-electron chi connectivity index (χ0n) is 17.9. The fourth-order valence-electron chi connectivity index (χ4n) is 3.10. The molecule has 0 saturated heterocycles. The first-order chi connectivity index (χ1) is 14.5. The number of hydrogen-bond acceptors (Lipinski definition) is 5. The van der Waals surface area contributed by atoms with E-state index in [0.29, 0.717) is 6.42 Å². The maximum atomic E-state index is 12.9. The summed E-state index contributed by atoms with van der Waals surface area (Å²) in [5.74, 6) is -0.488. The van der Waals surface area contributed by atoms with Gasteiger partial charge in [-0.1, -0.05) is 55.3 Å². The van der Waals surface area contributed by atoms with Crippen molar-refractivity contribution in [1.29, 1.82) is 0 Å². The molecule has 8 heteroatoms. The van der Waals surface area contributed by atoms with Gasteiger partial charge in [0.15, 0.2) is 0 Å². The molecular weight excluding hydrogens is 416 g/mol. The topological polar surface area (TPSA) is 102 Å². The van der Waals surface area contributed by atoms with Crippen LogP contribution in [0.5, 0.6) is 0 Å². The lowest BCUT2D eigenvalue weighted by Crippen LogP contribution is -2.49. The summed E-state index contributed by atoms with van der Waals surface area (Å²) in [6.45, 7) is 5.15. The van der Waals surface area contributed by atoms with Gasteiger partial charge in [-0.15, -0.1) is 0 Å². The van der Waals surface area contributed by atoms with Crippen LogP contribution >= 0.6 is 0 Å². The molecule has 1 aliphatic carbocycles. The fraction of sp³-hybridized carbons (Fsp3) is 0.391. The van der Waals surface area contributed by atoms with Crippen molar-refractivity contribution in [3.63, 3.8) is 0 Å². The summed E-state index contributed by atoms with van der Waals surface area (Å²) in [5, 5.41) is 2.52. The zero-order chi connectivity index (χ0) is 22.6. The summed E-state index contributed by atoms with van der Waals surface area (Å²) < 4.78 is 33.1. The number of carbonyl (C=O) groups is 2. The number of ether oxygens (including phenoxy) is 1. The molecule has 1 atom stereocenters. The van der Waals surface area contributed by atoms with Crippen LogP contribution in [0, 0.1) is 5.92 Å². The molecule has 1 aliphatic rings. The van der Waals surface area contributed by atoms with Crippen LogP contribution in [-0.4, -0.2) is 32.1 Å². The Morgan fingerprint density at radius 1 is 1.03 bits per heavy atom. The van der Waals surface area contributed by atoms with Gasteiger partial charge in [-0.05, 0) is 56.4 Å². The Morgan fingerprint density at radius 2 is 1.68 bits per heavy atom. The highest BCUT2D eigenvalue weighted by Gasteiger charge is 2.33. The minimum absolute atomic E-state index is 0.0235. The highest BCUT2D eigenvalue weighted by Crippen LogP contribution is 2.33. The first kappa shape index (κ1) is 22.8. The van der Waals surface area contributed by atoms with Crippen molar-refractivity contribution in [2.75, 3.05) is 0 Å². The smallest absolute Gasteiger partial charge is 0.408 e. The zero-order valence-corrected chi connectivity index (χ0v) is 18.7. The van der Waals surface area contributed by atoms with E-state index in [4.69, 9.17) is 4.74 Å². The van der Waals surface area contributed by atoms with E-state index in [-0.39, 0.29) is 10.8 Å². The molecule has 0 radical (unpaired) electrons. The number of sulfonamides is 1. The molecule has 0 aliphatic heterocycles. The number of alkyl carbamates (subject to hydrolysis) is 1. The van der Waals surface area contributed by atoms with E-state index >= 15 is 0 Å². The molecule has 1 saturated carbocycles. The summed E-state index contributed by atoms with van der Waals surface area (Å²) in [5.41, 5.74) is 0.857. The van der Waals surface area contributed by atoms with Gasteiger partial charge < -0.3 is 10.1 Å². The molecule has 166 valence electrons. The molecular formula is C23H28N2O5S. The Morgan fingerprint density at radius 3 is 2.29 bits per heavy atom. The number of carbonyl (C=O) groups excluding carboxylic acids is 2. The normalized spacial score (nSPS) is 15.1. The Hall–Kier alpha value is -2.87. The molecule has 31 heavy (non-hydrogen) atoms. The Kier molecular flexibility index (Phi) is 6.69. The van der Waals surface area contributed by atoms with Crippen LogP contribution in [0.1, 0.15) is 40.0 Å². The summed E-state index contributed by atoms with van der Waals surface area (Å²) in [6.07, 6.45) is 1.51. The van der Waals surface area contributed by atoms with Crippen LogP contribution in [0.3, 0.4) is 0 Å². The predicted octanol–water partition coefficient (Wildman–Crippen LogP) is 3.85. The van der Waals surface area contributed by atoms with Gasteiger partial charge in [-0.3, -0.25) is 4.79 Å². The van der Waals surface area contributed by atoms with E-state index in [1.165, 1.54) is 12.1 Å². The molecule has 2 aromatic carbocycles. The van der Waals surface area contributed by atoms with Crippen LogP contribution in [0.25, 0.3) is 11.1 Å². The average Bonchev–Trinajstić information content (AvgIpc) is 3.50. The monoisotopic (exact) mass is 444 g/mol. The molecule has 2 aromatic rings. The Bertz CT molecular complexity index is 1040. The summed E-state index contributed by atoms with van der Waals surface area (Å²) >= 11 is 0. The first-order valence-electron chi connectivity index (χ1n) is 10.3. The number of nitrogens with one attached hydrogen (secondary N) is 2. The van der Waals surface area contributed by atoms with E-state index in [0.717, 1.165) is 24.0 Å². The van der Waals surface area contributed by atoms with Gasteiger partial charge in [-0.25, -0.2) is 17.9 Å². The molecule has 2 amide bonds. The highest BCUT2D eigenvalue weighted by molar-refractivity contribution is 7.90. The fourth-order valence-corrected chi connectivity index (χ4v) is 4.17. The molecule has 2 N–H and O–H groups in total. The number of amides is 2. The molecule has 7 nitrogen and oxygen atoms in total. The van der Waals surface area contributed by atoms with Gasteiger partial charge in [0.25, 0.3) is 15.9 Å². The number of benzene rings is 2. The minimum atomic E-state index is -4.11. The first-order valence-corrected chi connectivity index (χ1v) is 11.7. The van der Waals surface area contributed by atoms with Crippen LogP contribution in [0.15, 0.2) is 59.5 Å². The second-order valence-electron chi connectivity index (χ2n) is 8.74. The maximum Gasteiger partial charge on any atom is 0.408 e. The van der Waals surface area contributed by atoms with Gasteiger partial charge in [-0.2, -0.15) is 0 Å². The van der Waals surface area contributed by atoms with Crippen molar-refractivity contribution in [3.8, 4) is 11.1 Å². The second-order valence-corrected chi connectivity index (χ2v) is 10.4. The van der Waals surface area contributed by atoms with E-state index < -0.39 is 33.7 Å². The lowest BCUT2D eigenvalue weighted by Gasteiger charge is -2.23. The largest absolute Gasteiger partial charge is 0.444 e. The molecule has 0 aromatic heterocycles. The van der Waals surface area contributed by atoms with Crippen molar-refractivity contribution in [1.82, 2.24) is 10.0 Å². The van der Waals surface area contributed by atoms with Crippen LogP contribution in [-0.2, 0) is 19.6 Å². The third-order valence-electron chi connectivity index (χ3n) is 4.76. The van der Waals surface area contributed by atoms with Crippen LogP contribution in [0.4, 0.5) is 4.79 Å². The predicted molar refractivity (Wildman–Crippen MR) is 118 cm³/mol. The summed E-state index contributed by atoms with van der Waals surface area (Å²) in [6, 6.07) is 14.7. The molecule has 0 unspecified atom stereocenters. The molecule has 0 bridgehead atoms. The van der Waals surface area contributed by atoms with Crippen LogP contribution in [0.2, 0.25) is 0 Å². The Labute approximate surface area is 183 Å². The molecule has 1 fully saturated rings. The SMILES string of the molecule is CC(C)(C)OC(=O)N[C@@H](CC1CC1)C(=O)NS(=O)(=O)c1cccc(-c2ccccc2)c1. The summed E-state index contributed by atoms with van der Waals surface area (Å²) in [4.78, 5) is 24.9. The lowest BCUT2D eigenvalue weighted by molar-refractivity contribution is -0.121. The standard InChI is InChI=1S/C23H28N2O5S/c1-23(2,3)30-22(27)24-20(14-16-12-13-16)21(26)25-31(28,29)19-11-7-10-18(15-19)17-8-5-4-6-9-17/h4-11,15-16,20H,12-14H2,1-3H3,(H,24,27)(H,25,26)/t20-/m0/s1. The molecule has 0 heterocycles. The average molecular weight is 445 g/mol. The number of hydrogen-bond donors (Lipinski definition) is 2. The van der Waals surface area contributed by atoms with E-state index in [9.17, 15) is 18.0 Å². The van der Waals surface area contributed by atoms with Crippen molar-refractivity contribution < 1.29 is 22.7 Å². The number of rotatable bonds is 7. The van der Waals surface area contributed by atoms with Gasteiger partial charge in [0.1, 0.15) is 11.6 Å². The van der Waals surface area contributed by atoms with Gasteiger partial charge in [0.05, 0.1) is 4.90 Å². The van der Waals surface area contributed by atoms with Crippen molar-refractivity contribution >= 4 is 22.0 Å². The molecule has 3 rings (SSSR count). The quantitative estimate of drug-likeness (QED) is 0.675. The Balaban J connectivity index is 1.75. The lowest BCUT2D eigenvalue weighted by atomic mass is 10.1. The molecule has 0 spiro atoms. The maximum absolute atomic E-state index is 12.9. The van der Waals surface area contributed by atoms with Gasteiger partial charge >= 0.3 is 6.09 Å².